The van der Waals surface area contributed by atoms with E-state index in [1.165, 1.54) is 12.8 Å². The molecule has 1 aliphatic carbocycles. The zero-order chi connectivity index (χ0) is 13.7. The fraction of sp³-hybridized carbons (Fsp3) is 0.929. The maximum atomic E-state index is 12.1. The Labute approximate surface area is 115 Å². The van der Waals surface area contributed by atoms with Crippen LogP contribution in [0.5, 0.6) is 0 Å². The Kier molecular flexibility index (Phi) is 5.60. The molecule has 19 heavy (non-hydrogen) atoms. The molecule has 0 bridgehead atoms. The average Bonchev–Trinajstić information content (AvgIpc) is 2.45. The highest BCUT2D eigenvalue weighted by Crippen LogP contribution is 2.27. The molecule has 5 heteroatoms. The third-order valence-electron chi connectivity index (χ3n) is 4.28. The molecule has 5 nitrogen and oxygen atoms in total. The van der Waals surface area contributed by atoms with Crippen molar-refractivity contribution < 1.29 is 14.6 Å². The van der Waals surface area contributed by atoms with Gasteiger partial charge >= 0.3 is 0 Å². The molecule has 0 aromatic rings. The standard InChI is InChI=1S/C14H26N2O3/c15-12-3-1-2-11(8-12)4-5-14(18)16-6-7-19-13(9-16)10-17/h11-13,17H,1-10,15H2. The van der Waals surface area contributed by atoms with Crippen molar-refractivity contribution in [2.75, 3.05) is 26.3 Å². The van der Waals surface area contributed by atoms with Gasteiger partial charge in [0.15, 0.2) is 0 Å². The van der Waals surface area contributed by atoms with Crippen LogP contribution in [-0.2, 0) is 9.53 Å². The van der Waals surface area contributed by atoms with Crippen molar-refractivity contribution in [3.63, 3.8) is 0 Å². The lowest BCUT2D eigenvalue weighted by molar-refractivity contribution is -0.140. The molecule has 1 saturated heterocycles. The van der Waals surface area contributed by atoms with Gasteiger partial charge < -0.3 is 20.5 Å². The van der Waals surface area contributed by atoms with E-state index >= 15 is 0 Å². The first-order valence-electron chi connectivity index (χ1n) is 7.45. The molecule has 0 radical (unpaired) electrons. The summed E-state index contributed by atoms with van der Waals surface area (Å²) < 4.78 is 5.36. The molecular formula is C14H26N2O3. The molecule has 2 fully saturated rings. The van der Waals surface area contributed by atoms with E-state index in [-0.39, 0.29) is 18.6 Å². The maximum Gasteiger partial charge on any atom is 0.222 e. The van der Waals surface area contributed by atoms with E-state index in [0.29, 0.717) is 38.1 Å². The SMILES string of the molecule is NC1CCCC(CCC(=O)N2CCOC(CO)C2)C1. The Bertz CT molecular complexity index is 298. The van der Waals surface area contributed by atoms with Crippen LogP contribution in [0.3, 0.4) is 0 Å². The number of carbonyl (C=O) groups excluding carboxylic acids is 1. The Morgan fingerprint density at radius 1 is 1.42 bits per heavy atom. The number of aliphatic hydroxyl groups is 1. The highest BCUT2D eigenvalue weighted by atomic mass is 16.5. The summed E-state index contributed by atoms with van der Waals surface area (Å²) >= 11 is 0. The van der Waals surface area contributed by atoms with E-state index in [1.807, 2.05) is 4.90 Å². The topological polar surface area (TPSA) is 75.8 Å². The largest absolute Gasteiger partial charge is 0.394 e. The Morgan fingerprint density at radius 2 is 2.26 bits per heavy atom. The normalized spacial score (nSPS) is 32.3. The summed E-state index contributed by atoms with van der Waals surface area (Å²) in [4.78, 5) is 14.0. The molecule has 110 valence electrons. The van der Waals surface area contributed by atoms with Crippen molar-refractivity contribution in [1.82, 2.24) is 4.90 Å². The molecule has 1 saturated carbocycles. The van der Waals surface area contributed by atoms with Gasteiger partial charge in [-0.05, 0) is 25.2 Å². The molecule has 0 aromatic carbocycles. The molecule has 3 N–H and O–H groups in total. The Hall–Kier alpha value is -0.650. The molecule has 3 unspecified atom stereocenters. The second-order valence-electron chi connectivity index (χ2n) is 5.85. The lowest BCUT2D eigenvalue weighted by Crippen LogP contribution is -2.47. The van der Waals surface area contributed by atoms with Crippen molar-refractivity contribution in [2.45, 2.75) is 50.7 Å². The lowest BCUT2D eigenvalue weighted by Gasteiger charge is -2.33. The van der Waals surface area contributed by atoms with Crippen LogP contribution in [0.1, 0.15) is 38.5 Å². The first-order chi connectivity index (χ1) is 9.19. The molecule has 2 aliphatic rings. The van der Waals surface area contributed by atoms with Gasteiger partial charge in [0.2, 0.25) is 5.91 Å². The zero-order valence-electron chi connectivity index (χ0n) is 11.6. The van der Waals surface area contributed by atoms with Crippen LogP contribution >= 0.6 is 0 Å². The number of nitrogens with two attached hydrogens (primary N) is 1. The summed E-state index contributed by atoms with van der Waals surface area (Å²) in [5.41, 5.74) is 5.97. The van der Waals surface area contributed by atoms with E-state index in [9.17, 15) is 4.79 Å². The van der Waals surface area contributed by atoms with Crippen molar-refractivity contribution in [1.29, 1.82) is 0 Å². The molecule has 1 heterocycles. The number of carbonyl (C=O) groups is 1. The fourth-order valence-electron chi connectivity index (χ4n) is 3.14. The molecule has 0 spiro atoms. The second kappa shape index (κ2) is 7.22. The number of nitrogens with zero attached hydrogens (tertiary/aromatic N) is 1. The van der Waals surface area contributed by atoms with Crippen LogP contribution in [0, 0.1) is 5.92 Å². The van der Waals surface area contributed by atoms with Gasteiger partial charge in [-0.1, -0.05) is 12.8 Å². The van der Waals surface area contributed by atoms with E-state index in [2.05, 4.69) is 0 Å². The maximum absolute atomic E-state index is 12.1. The number of amides is 1. The predicted molar refractivity (Wildman–Crippen MR) is 72.6 cm³/mol. The molecular weight excluding hydrogens is 244 g/mol. The number of hydrogen-bond donors (Lipinski definition) is 2. The highest BCUT2D eigenvalue weighted by molar-refractivity contribution is 5.76. The average molecular weight is 270 g/mol. The minimum atomic E-state index is -0.208. The fourth-order valence-corrected chi connectivity index (χ4v) is 3.14. The van der Waals surface area contributed by atoms with Gasteiger partial charge in [0, 0.05) is 25.6 Å². The van der Waals surface area contributed by atoms with Crippen LogP contribution in [0.15, 0.2) is 0 Å². The van der Waals surface area contributed by atoms with E-state index in [4.69, 9.17) is 15.6 Å². The van der Waals surface area contributed by atoms with Crippen LogP contribution in [0.2, 0.25) is 0 Å². The van der Waals surface area contributed by atoms with Crippen molar-refractivity contribution in [3.8, 4) is 0 Å². The summed E-state index contributed by atoms with van der Waals surface area (Å²) in [5.74, 6) is 0.809. The van der Waals surface area contributed by atoms with Crippen LogP contribution < -0.4 is 5.73 Å². The molecule has 1 aliphatic heterocycles. The molecule has 2 rings (SSSR count). The Morgan fingerprint density at radius 3 is 3.00 bits per heavy atom. The molecule has 1 amide bonds. The summed E-state index contributed by atoms with van der Waals surface area (Å²) in [6, 6.07) is 0.330. The first kappa shape index (κ1) is 14.8. The third-order valence-corrected chi connectivity index (χ3v) is 4.28. The predicted octanol–water partition coefficient (Wildman–Crippen LogP) is 0.504. The summed E-state index contributed by atoms with van der Waals surface area (Å²) in [7, 11) is 0. The number of morpholine rings is 1. The molecule has 0 aromatic heterocycles. The number of rotatable bonds is 4. The van der Waals surface area contributed by atoms with E-state index < -0.39 is 0 Å². The summed E-state index contributed by atoms with van der Waals surface area (Å²) in [6.45, 7) is 1.70. The summed E-state index contributed by atoms with van der Waals surface area (Å²) in [6.07, 6.45) is 5.96. The zero-order valence-corrected chi connectivity index (χ0v) is 11.6. The smallest absolute Gasteiger partial charge is 0.222 e. The molecule has 3 atom stereocenters. The quantitative estimate of drug-likeness (QED) is 0.780. The minimum absolute atomic E-state index is 0.0126. The second-order valence-corrected chi connectivity index (χ2v) is 5.85. The number of aliphatic hydroxyl groups excluding tert-OH is 1. The minimum Gasteiger partial charge on any atom is -0.394 e. The van der Waals surface area contributed by atoms with Gasteiger partial charge in [-0.3, -0.25) is 4.79 Å². The van der Waals surface area contributed by atoms with Crippen LogP contribution in [-0.4, -0.2) is 54.4 Å². The van der Waals surface area contributed by atoms with Crippen LogP contribution in [0.25, 0.3) is 0 Å². The first-order valence-corrected chi connectivity index (χ1v) is 7.45. The van der Waals surface area contributed by atoms with Crippen molar-refractivity contribution in [3.05, 3.63) is 0 Å². The lowest BCUT2D eigenvalue weighted by atomic mass is 9.83. The van der Waals surface area contributed by atoms with Crippen molar-refractivity contribution in [2.24, 2.45) is 11.7 Å². The van der Waals surface area contributed by atoms with Gasteiger partial charge in [-0.2, -0.15) is 0 Å². The van der Waals surface area contributed by atoms with Gasteiger partial charge in [-0.25, -0.2) is 0 Å². The van der Waals surface area contributed by atoms with Gasteiger partial charge in [0.1, 0.15) is 0 Å². The van der Waals surface area contributed by atoms with E-state index in [1.54, 1.807) is 0 Å². The Balaban J connectivity index is 1.71. The van der Waals surface area contributed by atoms with Gasteiger partial charge in [0.05, 0.1) is 19.3 Å². The highest BCUT2D eigenvalue weighted by Gasteiger charge is 2.25. The van der Waals surface area contributed by atoms with Crippen molar-refractivity contribution >= 4 is 5.91 Å². The van der Waals surface area contributed by atoms with E-state index in [0.717, 1.165) is 19.3 Å². The number of hydrogen-bond acceptors (Lipinski definition) is 4. The van der Waals surface area contributed by atoms with Gasteiger partial charge in [0.25, 0.3) is 0 Å². The third kappa shape index (κ3) is 4.44. The van der Waals surface area contributed by atoms with Crippen LogP contribution in [0.4, 0.5) is 0 Å². The monoisotopic (exact) mass is 270 g/mol. The summed E-state index contributed by atoms with van der Waals surface area (Å²) in [5, 5.41) is 9.08. The van der Waals surface area contributed by atoms with Gasteiger partial charge in [-0.15, -0.1) is 0 Å². The number of ether oxygens (including phenoxy) is 1.